The summed E-state index contributed by atoms with van der Waals surface area (Å²) < 4.78 is 10.8. The van der Waals surface area contributed by atoms with Crippen LogP contribution in [0.5, 0.6) is 0 Å². The van der Waals surface area contributed by atoms with E-state index in [1.165, 1.54) is 6.20 Å². The number of rotatable bonds is 3. The van der Waals surface area contributed by atoms with E-state index in [9.17, 15) is 4.79 Å². The van der Waals surface area contributed by atoms with Crippen molar-refractivity contribution in [2.45, 2.75) is 13.2 Å². The second kappa shape index (κ2) is 5.44. The van der Waals surface area contributed by atoms with Crippen molar-refractivity contribution in [3.63, 3.8) is 0 Å². The number of amides is 1. The smallest absolute Gasteiger partial charge is 0.259 e. The largest absolute Gasteiger partial charge is 0.346 e. The minimum Gasteiger partial charge on any atom is -0.346 e. The molecule has 104 valence electrons. The standard InChI is InChI=1S/C14H15N3O3/c1-9-12(8-15-17-9)13(18)16-11-4-2-10(3-5-11)14-19-6-7-20-14/h2-5,8,14H,6-7H2,1H3,(H,15,17)(H,16,18). The highest BCUT2D eigenvalue weighted by atomic mass is 16.7. The molecule has 1 fully saturated rings. The molecule has 1 amide bonds. The predicted molar refractivity (Wildman–Crippen MR) is 72.4 cm³/mol. The van der Waals surface area contributed by atoms with Crippen LogP contribution in [0, 0.1) is 6.92 Å². The Kier molecular flexibility index (Phi) is 3.49. The second-order valence-corrected chi connectivity index (χ2v) is 4.56. The average molecular weight is 273 g/mol. The molecular formula is C14H15N3O3. The Bertz CT molecular complexity index is 600. The Morgan fingerprint density at radius 2 is 2.00 bits per heavy atom. The molecule has 0 radical (unpaired) electrons. The minimum absolute atomic E-state index is 0.183. The third-order valence-electron chi connectivity index (χ3n) is 3.14. The van der Waals surface area contributed by atoms with E-state index in [-0.39, 0.29) is 12.2 Å². The number of nitrogens with one attached hydrogen (secondary N) is 2. The number of aryl methyl sites for hydroxylation is 1. The summed E-state index contributed by atoms with van der Waals surface area (Å²) in [6, 6.07) is 7.42. The van der Waals surface area contributed by atoms with E-state index in [0.717, 1.165) is 16.9 Å². The molecule has 0 atom stereocenters. The van der Waals surface area contributed by atoms with Gasteiger partial charge in [0, 0.05) is 16.9 Å². The third kappa shape index (κ3) is 2.56. The van der Waals surface area contributed by atoms with Crippen LogP contribution in [0.15, 0.2) is 30.5 Å². The number of hydrogen-bond acceptors (Lipinski definition) is 4. The molecule has 0 aliphatic carbocycles. The van der Waals surface area contributed by atoms with Crippen molar-refractivity contribution in [3.05, 3.63) is 47.3 Å². The quantitative estimate of drug-likeness (QED) is 0.897. The Morgan fingerprint density at radius 1 is 1.30 bits per heavy atom. The summed E-state index contributed by atoms with van der Waals surface area (Å²) >= 11 is 0. The van der Waals surface area contributed by atoms with Gasteiger partial charge in [0.05, 0.1) is 25.0 Å². The van der Waals surface area contributed by atoms with Crippen LogP contribution in [0.4, 0.5) is 5.69 Å². The number of carbonyl (C=O) groups excluding carboxylic acids is 1. The Labute approximate surface area is 116 Å². The van der Waals surface area contributed by atoms with Crippen molar-refractivity contribution in [1.29, 1.82) is 0 Å². The molecule has 1 aromatic heterocycles. The molecule has 20 heavy (non-hydrogen) atoms. The minimum atomic E-state index is -0.295. The Hall–Kier alpha value is -2.18. The number of H-pyrrole nitrogens is 1. The molecule has 0 unspecified atom stereocenters. The highest BCUT2D eigenvalue weighted by molar-refractivity contribution is 6.04. The molecule has 1 aliphatic heterocycles. The molecule has 0 saturated carbocycles. The van der Waals surface area contributed by atoms with Crippen LogP contribution >= 0.6 is 0 Å². The number of carbonyl (C=O) groups is 1. The molecule has 2 N–H and O–H groups in total. The van der Waals surface area contributed by atoms with Crippen LogP contribution in [0.2, 0.25) is 0 Å². The van der Waals surface area contributed by atoms with Gasteiger partial charge in [-0.3, -0.25) is 9.89 Å². The van der Waals surface area contributed by atoms with E-state index in [1.54, 1.807) is 6.92 Å². The van der Waals surface area contributed by atoms with Gasteiger partial charge < -0.3 is 14.8 Å². The maximum Gasteiger partial charge on any atom is 0.259 e. The summed E-state index contributed by atoms with van der Waals surface area (Å²) in [7, 11) is 0. The van der Waals surface area contributed by atoms with Crippen LogP contribution in [-0.2, 0) is 9.47 Å². The first-order valence-electron chi connectivity index (χ1n) is 6.38. The van der Waals surface area contributed by atoms with Gasteiger partial charge in [-0.2, -0.15) is 5.10 Å². The Balaban J connectivity index is 1.69. The molecule has 2 heterocycles. The van der Waals surface area contributed by atoms with Crippen LogP contribution in [0.3, 0.4) is 0 Å². The maximum absolute atomic E-state index is 12.0. The molecule has 1 aromatic carbocycles. The number of aromatic nitrogens is 2. The first-order valence-corrected chi connectivity index (χ1v) is 6.38. The van der Waals surface area contributed by atoms with Crippen LogP contribution in [0.1, 0.15) is 27.9 Å². The fourth-order valence-electron chi connectivity index (χ4n) is 2.05. The van der Waals surface area contributed by atoms with Gasteiger partial charge in [0.25, 0.3) is 5.91 Å². The van der Waals surface area contributed by atoms with Gasteiger partial charge in [-0.15, -0.1) is 0 Å². The van der Waals surface area contributed by atoms with E-state index >= 15 is 0 Å². The zero-order valence-electron chi connectivity index (χ0n) is 11.1. The van der Waals surface area contributed by atoms with E-state index in [0.29, 0.717) is 18.8 Å². The lowest BCUT2D eigenvalue weighted by Crippen LogP contribution is -2.12. The van der Waals surface area contributed by atoms with Crippen LogP contribution < -0.4 is 5.32 Å². The number of hydrogen-bond donors (Lipinski definition) is 2. The zero-order valence-corrected chi connectivity index (χ0v) is 11.1. The number of nitrogens with zero attached hydrogens (tertiary/aromatic N) is 1. The topological polar surface area (TPSA) is 76.2 Å². The van der Waals surface area contributed by atoms with Crippen LogP contribution in [0.25, 0.3) is 0 Å². The lowest BCUT2D eigenvalue weighted by atomic mass is 10.2. The summed E-state index contributed by atoms with van der Waals surface area (Å²) in [5.41, 5.74) is 2.95. The van der Waals surface area contributed by atoms with Gasteiger partial charge in [-0.05, 0) is 19.1 Å². The van der Waals surface area contributed by atoms with Gasteiger partial charge >= 0.3 is 0 Å². The van der Waals surface area contributed by atoms with Gasteiger partial charge in [-0.25, -0.2) is 0 Å². The second-order valence-electron chi connectivity index (χ2n) is 4.56. The number of aromatic amines is 1. The molecule has 1 saturated heterocycles. The van der Waals surface area contributed by atoms with Crippen molar-refractivity contribution >= 4 is 11.6 Å². The molecule has 6 nitrogen and oxygen atoms in total. The van der Waals surface area contributed by atoms with Crippen molar-refractivity contribution < 1.29 is 14.3 Å². The van der Waals surface area contributed by atoms with Crippen molar-refractivity contribution in [3.8, 4) is 0 Å². The molecular weight excluding hydrogens is 258 g/mol. The molecule has 0 bridgehead atoms. The van der Waals surface area contributed by atoms with Gasteiger partial charge in [0.2, 0.25) is 0 Å². The van der Waals surface area contributed by atoms with Gasteiger partial charge in [0.15, 0.2) is 6.29 Å². The fraction of sp³-hybridized carbons (Fsp3) is 0.286. The van der Waals surface area contributed by atoms with Crippen molar-refractivity contribution in [2.75, 3.05) is 18.5 Å². The van der Waals surface area contributed by atoms with Crippen LogP contribution in [-0.4, -0.2) is 29.3 Å². The van der Waals surface area contributed by atoms with E-state index in [1.807, 2.05) is 24.3 Å². The zero-order chi connectivity index (χ0) is 13.9. The van der Waals surface area contributed by atoms with Gasteiger partial charge in [0.1, 0.15) is 0 Å². The summed E-state index contributed by atoms with van der Waals surface area (Å²) in [5, 5.41) is 9.39. The highest BCUT2D eigenvalue weighted by Gasteiger charge is 2.18. The first-order chi connectivity index (χ1) is 9.74. The summed E-state index contributed by atoms with van der Waals surface area (Å²) in [4.78, 5) is 12.0. The molecule has 6 heteroatoms. The predicted octanol–water partition coefficient (Wildman–Crippen LogP) is 2.02. The molecule has 0 spiro atoms. The monoisotopic (exact) mass is 273 g/mol. The highest BCUT2D eigenvalue weighted by Crippen LogP contribution is 2.24. The molecule has 1 aliphatic rings. The summed E-state index contributed by atoms with van der Waals surface area (Å²) in [6.07, 6.45) is 1.22. The third-order valence-corrected chi connectivity index (χ3v) is 3.14. The van der Waals surface area contributed by atoms with E-state index in [2.05, 4.69) is 15.5 Å². The lowest BCUT2D eigenvalue weighted by Gasteiger charge is -2.10. The van der Waals surface area contributed by atoms with Gasteiger partial charge in [-0.1, -0.05) is 12.1 Å². The van der Waals surface area contributed by atoms with E-state index in [4.69, 9.17) is 9.47 Å². The van der Waals surface area contributed by atoms with Crippen molar-refractivity contribution in [2.24, 2.45) is 0 Å². The number of benzene rings is 1. The van der Waals surface area contributed by atoms with E-state index < -0.39 is 0 Å². The number of anilines is 1. The summed E-state index contributed by atoms with van der Waals surface area (Å²) in [6.45, 7) is 3.03. The molecule has 3 rings (SSSR count). The SMILES string of the molecule is Cc1[nH]ncc1C(=O)Nc1ccc(C2OCCO2)cc1. The normalized spacial score (nSPS) is 15.4. The fourth-order valence-corrected chi connectivity index (χ4v) is 2.05. The molecule has 2 aromatic rings. The maximum atomic E-state index is 12.0. The first kappa shape index (κ1) is 12.8. The lowest BCUT2D eigenvalue weighted by molar-refractivity contribution is -0.0441. The van der Waals surface area contributed by atoms with Crippen molar-refractivity contribution in [1.82, 2.24) is 10.2 Å². The summed E-state index contributed by atoms with van der Waals surface area (Å²) in [5.74, 6) is -0.183. The number of ether oxygens (including phenoxy) is 2. The average Bonchev–Trinajstić information content (AvgIpc) is 3.10. The Morgan fingerprint density at radius 3 is 2.60 bits per heavy atom.